The Bertz CT molecular complexity index is 969. The van der Waals surface area contributed by atoms with Crippen molar-refractivity contribution in [2.45, 2.75) is 32.2 Å². The smallest absolute Gasteiger partial charge is 0.174 e. The van der Waals surface area contributed by atoms with Gasteiger partial charge in [-0.05, 0) is 42.7 Å². The maximum absolute atomic E-state index is 9.67. The minimum absolute atomic E-state index is 0.334. The molecule has 0 fully saturated rings. The Labute approximate surface area is 161 Å². The number of hydrogen-bond acceptors (Lipinski definition) is 4. The van der Waals surface area contributed by atoms with E-state index in [0.717, 1.165) is 42.8 Å². The molecule has 26 heavy (non-hydrogen) atoms. The summed E-state index contributed by atoms with van der Waals surface area (Å²) in [6.45, 7) is 1.18. The molecule has 1 aromatic carbocycles. The van der Waals surface area contributed by atoms with E-state index in [4.69, 9.17) is 27.9 Å². The number of halogens is 2. The van der Waals surface area contributed by atoms with Crippen LogP contribution in [0.3, 0.4) is 0 Å². The van der Waals surface area contributed by atoms with Gasteiger partial charge in [0, 0.05) is 23.6 Å². The molecule has 4 rings (SSSR count). The molecule has 132 valence electrons. The third-order valence-corrected chi connectivity index (χ3v) is 5.06. The Balaban J connectivity index is 1.72. The number of hydrogen-bond donors (Lipinski definition) is 0. The lowest BCUT2D eigenvalue weighted by Gasteiger charge is -2.18. The zero-order valence-electron chi connectivity index (χ0n) is 14.0. The van der Waals surface area contributed by atoms with Crippen molar-refractivity contribution < 1.29 is 4.74 Å². The quantitative estimate of drug-likeness (QED) is 0.701. The van der Waals surface area contributed by atoms with Crippen molar-refractivity contribution in [1.29, 1.82) is 5.26 Å². The molecule has 3 heterocycles. The molecular formula is C19H16Cl2N4O. The summed E-state index contributed by atoms with van der Waals surface area (Å²) in [7, 11) is 0. The molecule has 7 heteroatoms. The standard InChI is InChI=1S/C19H16Cl2N4O/c20-15-8-13-6-12(11-26-18(13)16(21)9-15)7-14(10-22)19-24-23-17-4-2-1-3-5-25(17)19/h6-9H,1-5,11H2. The average Bonchev–Trinajstić information content (AvgIpc) is 2.87. The van der Waals surface area contributed by atoms with Gasteiger partial charge in [-0.15, -0.1) is 10.2 Å². The number of rotatable bonds is 2. The number of aryl methyl sites for hydroxylation is 1. The van der Waals surface area contributed by atoms with Crippen molar-refractivity contribution in [2.75, 3.05) is 6.61 Å². The molecule has 2 aliphatic rings. The first-order chi connectivity index (χ1) is 12.7. The van der Waals surface area contributed by atoms with Crippen LogP contribution in [0.2, 0.25) is 10.0 Å². The molecule has 0 N–H and O–H groups in total. The van der Waals surface area contributed by atoms with E-state index in [0.29, 0.717) is 33.8 Å². The topological polar surface area (TPSA) is 63.7 Å². The Morgan fingerprint density at radius 3 is 2.96 bits per heavy atom. The lowest BCUT2D eigenvalue weighted by atomic mass is 10.0. The Morgan fingerprint density at radius 2 is 2.12 bits per heavy atom. The van der Waals surface area contributed by atoms with Crippen LogP contribution in [0.25, 0.3) is 11.6 Å². The minimum Gasteiger partial charge on any atom is -0.487 e. The van der Waals surface area contributed by atoms with E-state index < -0.39 is 0 Å². The van der Waals surface area contributed by atoms with Crippen molar-refractivity contribution in [3.8, 4) is 11.8 Å². The molecule has 0 aliphatic carbocycles. The summed E-state index contributed by atoms with van der Waals surface area (Å²) in [5, 5.41) is 19.2. The van der Waals surface area contributed by atoms with Crippen LogP contribution in [0.15, 0.2) is 23.8 Å². The van der Waals surface area contributed by atoms with Gasteiger partial charge in [0.25, 0.3) is 0 Å². The van der Waals surface area contributed by atoms with Crippen molar-refractivity contribution >= 4 is 34.9 Å². The zero-order chi connectivity index (χ0) is 18.1. The van der Waals surface area contributed by atoms with Crippen molar-refractivity contribution in [1.82, 2.24) is 14.8 Å². The Hall–Kier alpha value is -2.29. The summed E-state index contributed by atoms with van der Waals surface area (Å²) in [6.07, 6.45) is 8.01. The third kappa shape index (κ3) is 3.23. The van der Waals surface area contributed by atoms with E-state index in [2.05, 4.69) is 20.8 Å². The summed E-state index contributed by atoms with van der Waals surface area (Å²) in [5.74, 6) is 2.19. The highest BCUT2D eigenvalue weighted by Gasteiger charge is 2.20. The van der Waals surface area contributed by atoms with Crippen LogP contribution in [0, 0.1) is 11.3 Å². The summed E-state index contributed by atoms with van der Waals surface area (Å²) in [6, 6.07) is 5.71. The number of benzene rings is 1. The molecule has 0 amide bonds. The SMILES string of the molecule is N#CC(=CC1=Cc2cc(Cl)cc(Cl)c2OC1)c1nnc2n1CCCCC2. The lowest BCUT2D eigenvalue weighted by molar-refractivity contribution is 0.351. The van der Waals surface area contributed by atoms with Gasteiger partial charge in [-0.1, -0.05) is 29.6 Å². The van der Waals surface area contributed by atoms with E-state index >= 15 is 0 Å². The molecule has 2 aromatic rings. The summed E-state index contributed by atoms with van der Waals surface area (Å²) in [5.41, 5.74) is 2.15. The number of aromatic nitrogens is 3. The van der Waals surface area contributed by atoms with Gasteiger partial charge in [0.2, 0.25) is 0 Å². The molecule has 0 spiro atoms. The van der Waals surface area contributed by atoms with Gasteiger partial charge in [0.05, 0.1) is 10.6 Å². The zero-order valence-corrected chi connectivity index (χ0v) is 15.5. The van der Waals surface area contributed by atoms with Gasteiger partial charge >= 0.3 is 0 Å². The van der Waals surface area contributed by atoms with Gasteiger partial charge in [-0.25, -0.2) is 0 Å². The number of nitriles is 1. The minimum atomic E-state index is 0.334. The number of nitrogens with zero attached hydrogens (tertiary/aromatic N) is 4. The maximum atomic E-state index is 9.67. The number of ether oxygens (including phenoxy) is 1. The molecule has 0 radical (unpaired) electrons. The van der Waals surface area contributed by atoms with Gasteiger partial charge in [0.1, 0.15) is 24.3 Å². The van der Waals surface area contributed by atoms with Crippen molar-refractivity contribution in [3.05, 3.63) is 51.0 Å². The van der Waals surface area contributed by atoms with Crippen LogP contribution < -0.4 is 4.74 Å². The Morgan fingerprint density at radius 1 is 1.23 bits per heavy atom. The predicted molar refractivity (Wildman–Crippen MR) is 101 cm³/mol. The first-order valence-corrected chi connectivity index (χ1v) is 9.28. The fourth-order valence-electron chi connectivity index (χ4n) is 3.34. The highest BCUT2D eigenvalue weighted by atomic mass is 35.5. The van der Waals surface area contributed by atoms with Crippen LogP contribution >= 0.6 is 23.2 Å². The first-order valence-electron chi connectivity index (χ1n) is 8.52. The van der Waals surface area contributed by atoms with Crippen LogP contribution in [0.4, 0.5) is 0 Å². The lowest BCUT2D eigenvalue weighted by Crippen LogP contribution is -2.08. The summed E-state index contributed by atoms with van der Waals surface area (Å²) < 4.78 is 7.83. The molecule has 0 saturated heterocycles. The average molecular weight is 387 g/mol. The first kappa shape index (κ1) is 17.1. The largest absolute Gasteiger partial charge is 0.487 e. The van der Waals surface area contributed by atoms with Crippen molar-refractivity contribution in [2.24, 2.45) is 0 Å². The van der Waals surface area contributed by atoms with Gasteiger partial charge in [0.15, 0.2) is 5.82 Å². The molecule has 5 nitrogen and oxygen atoms in total. The van der Waals surface area contributed by atoms with Gasteiger partial charge in [-0.2, -0.15) is 5.26 Å². The molecular weight excluding hydrogens is 371 g/mol. The van der Waals surface area contributed by atoms with E-state index in [1.54, 1.807) is 18.2 Å². The summed E-state index contributed by atoms with van der Waals surface area (Å²) in [4.78, 5) is 0. The fraction of sp³-hybridized carbons (Fsp3) is 0.316. The number of fused-ring (bicyclic) bond motifs is 2. The Kier molecular flexibility index (Phi) is 4.71. The fourth-order valence-corrected chi connectivity index (χ4v) is 3.90. The van der Waals surface area contributed by atoms with E-state index in [-0.39, 0.29) is 0 Å². The van der Waals surface area contributed by atoms with Crippen LogP contribution in [0.5, 0.6) is 5.75 Å². The predicted octanol–water partition coefficient (Wildman–Crippen LogP) is 4.69. The normalized spacial score (nSPS) is 16.7. The molecule has 0 atom stereocenters. The second-order valence-electron chi connectivity index (χ2n) is 6.39. The van der Waals surface area contributed by atoms with E-state index in [1.165, 1.54) is 6.42 Å². The van der Waals surface area contributed by atoms with Crippen molar-refractivity contribution in [3.63, 3.8) is 0 Å². The highest BCUT2D eigenvalue weighted by Crippen LogP contribution is 2.37. The molecule has 2 aliphatic heterocycles. The monoisotopic (exact) mass is 386 g/mol. The van der Waals surface area contributed by atoms with E-state index in [9.17, 15) is 5.26 Å². The maximum Gasteiger partial charge on any atom is 0.174 e. The van der Waals surface area contributed by atoms with Gasteiger partial charge in [-0.3, -0.25) is 0 Å². The number of allylic oxidation sites excluding steroid dienone is 1. The molecule has 0 bridgehead atoms. The van der Waals surface area contributed by atoms with E-state index in [1.807, 2.05) is 6.08 Å². The van der Waals surface area contributed by atoms with Crippen LogP contribution in [-0.2, 0) is 13.0 Å². The highest BCUT2D eigenvalue weighted by molar-refractivity contribution is 6.36. The molecule has 1 aromatic heterocycles. The van der Waals surface area contributed by atoms with Crippen LogP contribution in [0.1, 0.15) is 36.5 Å². The second-order valence-corrected chi connectivity index (χ2v) is 7.23. The molecule has 0 saturated carbocycles. The van der Waals surface area contributed by atoms with Gasteiger partial charge < -0.3 is 9.30 Å². The third-order valence-electron chi connectivity index (χ3n) is 4.56. The van der Waals surface area contributed by atoms with Crippen LogP contribution in [-0.4, -0.2) is 21.4 Å². The summed E-state index contributed by atoms with van der Waals surface area (Å²) >= 11 is 12.3. The molecule has 0 unspecified atom stereocenters. The second kappa shape index (κ2) is 7.14.